The molecule has 3 aliphatic rings. The van der Waals surface area contributed by atoms with Crippen LogP contribution in [0, 0.1) is 0 Å². The smallest absolute Gasteiger partial charge is 0.159 e. The SMILES string of the molecule is c1ccc(-c2ccc(C3=NC(c4ccccc4)NC(c4cccc(-c5ccc6c(c5)-c5ccccc5C65c6ccccc6N(c6ccccc6)c6ccccc65)c4)=N3)cc2)cc1. The number of hydrogen-bond donors (Lipinski definition) is 1. The van der Waals surface area contributed by atoms with E-state index in [9.17, 15) is 0 Å². The predicted octanol–water partition coefficient (Wildman–Crippen LogP) is 13.7. The molecule has 0 aromatic heterocycles. The number of benzene rings is 9. The van der Waals surface area contributed by atoms with E-state index < -0.39 is 5.41 Å². The van der Waals surface area contributed by atoms with Crippen molar-refractivity contribution < 1.29 is 0 Å². The lowest BCUT2D eigenvalue weighted by Gasteiger charge is -2.45. The van der Waals surface area contributed by atoms with Crippen LogP contribution >= 0.6 is 0 Å². The molecule has 0 radical (unpaired) electrons. The van der Waals surface area contributed by atoms with Crippen molar-refractivity contribution in [3.05, 3.63) is 269 Å². The number of para-hydroxylation sites is 3. The summed E-state index contributed by atoms with van der Waals surface area (Å²) in [4.78, 5) is 12.8. The van der Waals surface area contributed by atoms with Crippen LogP contribution in [0.15, 0.2) is 241 Å². The van der Waals surface area contributed by atoms with E-state index in [1.807, 2.05) is 12.1 Å². The molecule has 12 rings (SSSR count). The van der Waals surface area contributed by atoms with Crippen molar-refractivity contribution in [2.75, 3.05) is 4.90 Å². The minimum atomic E-state index is -0.493. The van der Waals surface area contributed by atoms with E-state index in [1.165, 1.54) is 50.3 Å². The molecular formula is C58H40N4. The average molecular weight is 793 g/mol. The Morgan fingerprint density at radius 3 is 1.63 bits per heavy atom. The van der Waals surface area contributed by atoms with Crippen molar-refractivity contribution in [3.8, 4) is 33.4 Å². The molecule has 1 N–H and O–H groups in total. The second kappa shape index (κ2) is 14.6. The van der Waals surface area contributed by atoms with Gasteiger partial charge >= 0.3 is 0 Å². The first kappa shape index (κ1) is 35.8. The third-order valence-electron chi connectivity index (χ3n) is 12.7. The van der Waals surface area contributed by atoms with Crippen LogP contribution in [0.1, 0.15) is 45.1 Å². The highest BCUT2D eigenvalue weighted by atomic mass is 15.2. The third-order valence-corrected chi connectivity index (χ3v) is 12.7. The van der Waals surface area contributed by atoms with E-state index in [2.05, 4.69) is 229 Å². The molecular weight excluding hydrogens is 753 g/mol. The molecule has 1 aliphatic carbocycles. The van der Waals surface area contributed by atoms with Crippen molar-refractivity contribution in [1.82, 2.24) is 5.32 Å². The molecule has 4 nitrogen and oxygen atoms in total. The number of amidine groups is 2. The molecule has 0 fully saturated rings. The van der Waals surface area contributed by atoms with Crippen LogP contribution in [0.4, 0.5) is 17.1 Å². The molecule has 1 spiro atoms. The first-order chi connectivity index (χ1) is 30.7. The summed E-state index contributed by atoms with van der Waals surface area (Å²) in [6, 6.07) is 83.0. The van der Waals surface area contributed by atoms with Crippen LogP contribution in [0.5, 0.6) is 0 Å². The van der Waals surface area contributed by atoms with Gasteiger partial charge in [0.15, 0.2) is 5.84 Å². The zero-order chi connectivity index (χ0) is 41.0. The molecule has 1 unspecified atom stereocenters. The van der Waals surface area contributed by atoms with Gasteiger partial charge in [0.1, 0.15) is 12.0 Å². The van der Waals surface area contributed by atoms with Crippen LogP contribution in [-0.4, -0.2) is 11.7 Å². The summed E-state index contributed by atoms with van der Waals surface area (Å²) in [5.41, 5.74) is 18.4. The van der Waals surface area contributed by atoms with Gasteiger partial charge in [0.05, 0.1) is 16.8 Å². The van der Waals surface area contributed by atoms with E-state index in [-0.39, 0.29) is 6.17 Å². The average Bonchev–Trinajstić information content (AvgIpc) is 3.65. The van der Waals surface area contributed by atoms with Crippen LogP contribution in [-0.2, 0) is 5.41 Å². The van der Waals surface area contributed by atoms with Gasteiger partial charge in [0, 0.05) is 16.8 Å². The second-order valence-corrected chi connectivity index (χ2v) is 16.2. The Kier molecular flexibility index (Phi) is 8.42. The van der Waals surface area contributed by atoms with Gasteiger partial charge < -0.3 is 10.2 Å². The molecule has 0 saturated carbocycles. The minimum absolute atomic E-state index is 0.289. The van der Waals surface area contributed by atoms with E-state index in [4.69, 9.17) is 9.98 Å². The fraction of sp³-hybridized carbons (Fsp3) is 0.0345. The summed E-state index contributed by atoms with van der Waals surface area (Å²) in [5, 5.41) is 3.69. The zero-order valence-corrected chi connectivity index (χ0v) is 33.9. The predicted molar refractivity (Wildman–Crippen MR) is 255 cm³/mol. The van der Waals surface area contributed by atoms with Crippen molar-refractivity contribution in [2.45, 2.75) is 11.6 Å². The zero-order valence-electron chi connectivity index (χ0n) is 33.9. The topological polar surface area (TPSA) is 40.0 Å². The number of rotatable bonds is 6. The lowest BCUT2D eigenvalue weighted by molar-refractivity contribution is 0.674. The summed E-state index contributed by atoms with van der Waals surface area (Å²) in [6.45, 7) is 0. The maximum Gasteiger partial charge on any atom is 0.159 e. The van der Waals surface area contributed by atoms with Gasteiger partial charge in [-0.25, -0.2) is 9.98 Å². The number of hydrogen-bond acceptors (Lipinski definition) is 4. The minimum Gasteiger partial charge on any atom is -0.344 e. The van der Waals surface area contributed by atoms with Crippen LogP contribution in [0.3, 0.4) is 0 Å². The molecule has 292 valence electrons. The van der Waals surface area contributed by atoms with Gasteiger partial charge in [-0.15, -0.1) is 0 Å². The summed E-state index contributed by atoms with van der Waals surface area (Å²) in [7, 11) is 0. The van der Waals surface area contributed by atoms with Crippen LogP contribution < -0.4 is 10.2 Å². The van der Waals surface area contributed by atoms with Crippen molar-refractivity contribution in [2.24, 2.45) is 9.98 Å². The molecule has 2 aliphatic heterocycles. The Hall–Kier alpha value is -8.08. The summed E-state index contributed by atoms with van der Waals surface area (Å²) < 4.78 is 0. The Morgan fingerprint density at radius 1 is 0.387 bits per heavy atom. The van der Waals surface area contributed by atoms with Gasteiger partial charge in [0.2, 0.25) is 0 Å². The lowest BCUT2D eigenvalue weighted by atomic mass is 9.64. The molecule has 0 amide bonds. The van der Waals surface area contributed by atoms with Crippen LogP contribution in [0.2, 0.25) is 0 Å². The van der Waals surface area contributed by atoms with E-state index in [1.54, 1.807) is 0 Å². The highest BCUT2D eigenvalue weighted by Crippen LogP contribution is 2.63. The van der Waals surface area contributed by atoms with E-state index >= 15 is 0 Å². The second-order valence-electron chi connectivity index (χ2n) is 16.2. The quantitative estimate of drug-likeness (QED) is 0.182. The molecule has 9 aromatic rings. The van der Waals surface area contributed by atoms with Gasteiger partial charge in [-0.3, -0.25) is 0 Å². The van der Waals surface area contributed by atoms with Gasteiger partial charge in [-0.05, 0) is 97.6 Å². The Balaban J connectivity index is 0.965. The highest BCUT2D eigenvalue weighted by Gasteiger charge is 2.51. The fourth-order valence-electron chi connectivity index (χ4n) is 9.97. The van der Waals surface area contributed by atoms with Gasteiger partial charge in [-0.1, -0.05) is 194 Å². The summed E-state index contributed by atoms with van der Waals surface area (Å²) >= 11 is 0. The molecule has 1 atom stereocenters. The Bertz CT molecular complexity index is 3160. The van der Waals surface area contributed by atoms with Crippen molar-refractivity contribution in [1.29, 1.82) is 0 Å². The molecule has 9 aromatic carbocycles. The van der Waals surface area contributed by atoms with Crippen LogP contribution in [0.25, 0.3) is 33.4 Å². The number of nitrogens with one attached hydrogen (secondary N) is 1. The maximum absolute atomic E-state index is 5.20. The molecule has 4 heteroatoms. The highest BCUT2D eigenvalue weighted by molar-refractivity contribution is 6.13. The van der Waals surface area contributed by atoms with Crippen molar-refractivity contribution >= 4 is 28.7 Å². The van der Waals surface area contributed by atoms with E-state index in [0.29, 0.717) is 5.84 Å². The maximum atomic E-state index is 5.20. The fourth-order valence-corrected chi connectivity index (χ4v) is 9.97. The lowest BCUT2D eigenvalue weighted by Crippen LogP contribution is -2.36. The number of aliphatic imine (C=N–C) groups is 2. The molecule has 2 heterocycles. The Morgan fingerprint density at radius 2 is 0.903 bits per heavy atom. The summed E-state index contributed by atoms with van der Waals surface area (Å²) in [5.74, 6) is 1.50. The number of nitrogens with zero attached hydrogens (tertiary/aromatic N) is 3. The Labute approximate surface area is 361 Å². The summed E-state index contributed by atoms with van der Waals surface area (Å²) in [6.07, 6.45) is -0.289. The largest absolute Gasteiger partial charge is 0.344 e. The van der Waals surface area contributed by atoms with Gasteiger partial charge in [0.25, 0.3) is 0 Å². The van der Waals surface area contributed by atoms with E-state index in [0.717, 1.165) is 44.9 Å². The third kappa shape index (κ3) is 5.68. The number of anilines is 3. The monoisotopic (exact) mass is 792 g/mol. The molecule has 62 heavy (non-hydrogen) atoms. The standard InChI is InChI=1S/C58H40N4/c1-4-17-39(18-5-1)40-31-33-42(34-32-40)56-59-55(41-19-6-2-7-20-41)60-57(61-56)45-22-16-21-43(37-45)44-35-36-50-48(38-44)47-25-10-11-26-49(47)58(50)51-27-12-14-29-53(51)62(46-23-8-3-9-24-46)54-30-15-13-28-52(54)58/h1-38,55H,(H,59,60,61). The number of fused-ring (bicyclic) bond motifs is 9. The first-order valence-electron chi connectivity index (χ1n) is 21.3. The van der Waals surface area contributed by atoms with Crippen molar-refractivity contribution in [3.63, 3.8) is 0 Å². The normalized spacial score (nSPS) is 15.4. The van der Waals surface area contributed by atoms with Gasteiger partial charge in [-0.2, -0.15) is 0 Å². The first-order valence-corrected chi connectivity index (χ1v) is 21.3. The molecule has 0 bridgehead atoms. The molecule has 0 saturated heterocycles.